The second-order valence-electron chi connectivity index (χ2n) is 2.20. The first-order chi connectivity index (χ1) is 4.91. The largest absolute Gasteiger partial charge is 0.103 e. The van der Waals surface area contributed by atoms with Crippen LogP contribution in [0.3, 0.4) is 0 Å². The van der Waals surface area contributed by atoms with Crippen molar-refractivity contribution in [3.8, 4) is 0 Å². The van der Waals surface area contributed by atoms with Gasteiger partial charge in [-0.1, -0.05) is 24.3 Å². The minimum atomic E-state index is 1.06. The van der Waals surface area contributed by atoms with Crippen molar-refractivity contribution in [3.05, 3.63) is 37.5 Å². The maximum absolute atomic E-state index is 3.55. The second-order valence-corrected chi connectivity index (χ2v) is 2.20. The van der Waals surface area contributed by atoms with Crippen molar-refractivity contribution in [2.24, 2.45) is 0 Å². The van der Waals surface area contributed by atoms with Gasteiger partial charge in [-0.15, -0.1) is 13.2 Å². The van der Waals surface area contributed by atoms with Crippen LogP contribution in [-0.4, -0.2) is 0 Å². The predicted molar refractivity (Wildman–Crippen MR) is 48.0 cm³/mol. The van der Waals surface area contributed by atoms with Crippen LogP contribution in [0.2, 0.25) is 0 Å². The molecule has 0 spiro atoms. The van der Waals surface area contributed by atoms with Gasteiger partial charge in [-0.2, -0.15) is 0 Å². The van der Waals surface area contributed by atoms with Gasteiger partial charge in [0.2, 0.25) is 0 Å². The van der Waals surface area contributed by atoms with Gasteiger partial charge in [0.1, 0.15) is 0 Å². The summed E-state index contributed by atoms with van der Waals surface area (Å²) in [6.45, 7) is 7.10. The van der Waals surface area contributed by atoms with Crippen LogP contribution in [0.5, 0.6) is 0 Å². The normalized spacial score (nSPS) is 12.4. The van der Waals surface area contributed by atoms with Crippen molar-refractivity contribution in [1.82, 2.24) is 0 Å². The van der Waals surface area contributed by atoms with Gasteiger partial charge in [0.05, 0.1) is 0 Å². The molecule has 0 aromatic rings. The third-order valence-corrected chi connectivity index (χ3v) is 1.24. The molecule has 0 aliphatic heterocycles. The first-order valence-corrected chi connectivity index (χ1v) is 3.78. The Morgan fingerprint density at radius 1 is 1.00 bits per heavy atom. The summed E-state index contributed by atoms with van der Waals surface area (Å²) in [6.07, 6.45) is 12.9. The van der Waals surface area contributed by atoms with Gasteiger partial charge in [0.15, 0.2) is 0 Å². The molecule has 0 saturated heterocycles. The van der Waals surface area contributed by atoms with E-state index in [2.05, 4.69) is 25.3 Å². The van der Waals surface area contributed by atoms with Crippen LogP contribution in [0.25, 0.3) is 0 Å². The van der Waals surface area contributed by atoms with E-state index in [-0.39, 0.29) is 0 Å². The quantitative estimate of drug-likeness (QED) is 0.411. The highest BCUT2D eigenvalue weighted by Gasteiger charge is 1.81. The Kier molecular flexibility index (Phi) is 7.58. The fourth-order valence-corrected chi connectivity index (χ4v) is 0.402. The molecule has 0 amide bonds. The summed E-state index contributed by atoms with van der Waals surface area (Å²) >= 11 is 0. The van der Waals surface area contributed by atoms with Crippen LogP contribution in [0.4, 0.5) is 0 Å². The third kappa shape index (κ3) is 7.22. The lowest BCUT2D eigenvalue weighted by molar-refractivity contribution is 0.962. The third-order valence-electron chi connectivity index (χ3n) is 1.24. The van der Waals surface area contributed by atoms with E-state index in [1.807, 2.05) is 12.2 Å². The van der Waals surface area contributed by atoms with Crippen LogP contribution in [0, 0.1) is 0 Å². The van der Waals surface area contributed by atoms with E-state index in [1.165, 1.54) is 12.8 Å². The molecular weight excluding hydrogens is 120 g/mol. The lowest BCUT2D eigenvalue weighted by Crippen LogP contribution is -1.71. The standard InChI is InChI=1S/C6H10.C4H6/c1-3-5-6-4-2;1-2-4-3-1/h3-4H,1-2,5-6H2;1-2H,3-4H2. The van der Waals surface area contributed by atoms with E-state index < -0.39 is 0 Å². The molecule has 0 unspecified atom stereocenters. The lowest BCUT2D eigenvalue weighted by Gasteiger charge is -1.92. The summed E-state index contributed by atoms with van der Waals surface area (Å²) in [5.74, 6) is 0. The van der Waals surface area contributed by atoms with Crippen molar-refractivity contribution in [2.45, 2.75) is 25.7 Å². The molecule has 1 aliphatic rings. The fourth-order valence-electron chi connectivity index (χ4n) is 0.402. The number of hydrogen-bond donors (Lipinski definition) is 0. The predicted octanol–water partition coefficient (Wildman–Crippen LogP) is 3.48. The van der Waals surface area contributed by atoms with E-state index in [4.69, 9.17) is 0 Å². The molecule has 0 fully saturated rings. The van der Waals surface area contributed by atoms with Crippen LogP contribution in [0.15, 0.2) is 37.5 Å². The Morgan fingerprint density at radius 2 is 1.30 bits per heavy atom. The van der Waals surface area contributed by atoms with Gasteiger partial charge >= 0.3 is 0 Å². The summed E-state index contributed by atoms with van der Waals surface area (Å²) in [5.41, 5.74) is 0. The Balaban J connectivity index is 0.000000172. The van der Waals surface area contributed by atoms with Crippen LogP contribution in [-0.2, 0) is 0 Å². The van der Waals surface area contributed by atoms with Crippen molar-refractivity contribution in [2.75, 3.05) is 0 Å². The molecule has 1 rings (SSSR count). The average molecular weight is 136 g/mol. The molecule has 10 heavy (non-hydrogen) atoms. The minimum absolute atomic E-state index is 1.06. The Morgan fingerprint density at radius 3 is 1.40 bits per heavy atom. The highest BCUT2D eigenvalue weighted by molar-refractivity contribution is 4.92. The topological polar surface area (TPSA) is 0 Å². The molecule has 56 valence electrons. The SMILES string of the molecule is C1=CCC1.C=CCCC=C. The summed E-state index contributed by atoms with van der Waals surface area (Å²) < 4.78 is 0. The van der Waals surface area contributed by atoms with Gasteiger partial charge in [-0.05, 0) is 25.7 Å². The second kappa shape index (κ2) is 8.22. The molecule has 0 aromatic carbocycles. The molecule has 0 saturated carbocycles. The van der Waals surface area contributed by atoms with E-state index in [0.717, 1.165) is 12.8 Å². The average Bonchev–Trinajstić information content (AvgIpc) is 1.79. The van der Waals surface area contributed by atoms with Crippen molar-refractivity contribution < 1.29 is 0 Å². The molecule has 0 bridgehead atoms. The van der Waals surface area contributed by atoms with Gasteiger partial charge in [-0.25, -0.2) is 0 Å². The lowest BCUT2D eigenvalue weighted by atomic mass is 10.1. The number of rotatable bonds is 3. The molecule has 0 heteroatoms. The molecule has 0 N–H and O–H groups in total. The van der Waals surface area contributed by atoms with Crippen LogP contribution >= 0.6 is 0 Å². The molecule has 0 nitrogen and oxygen atoms in total. The van der Waals surface area contributed by atoms with Gasteiger partial charge in [-0.3, -0.25) is 0 Å². The van der Waals surface area contributed by atoms with E-state index >= 15 is 0 Å². The highest BCUT2D eigenvalue weighted by Crippen LogP contribution is 2.01. The maximum Gasteiger partial charge on any atom is -0.0316 e. The number of hydrogen-bond acceptors (Lipinski definition) is 0. The van der Waals surface area contributed by atoms with Gasteiger partial charge in [0.25, 0.3) is 0 Å². The Hall–Kier alpha value is -0.780. The molecule has 1 aliphatic carbocycles. The van der Waals surface area contributed by atoms with Crippen LogP contribution < -0.4 is 0 Å². The number of unbranched alkanes of at least 4 members (excludes halogenated alkanes) is 1. The van der Waals surface area contributed by atoms with Crippen molar-refractivity contribution in [3.63, 3.8) is 0 Å². The molecule has 0 atom stereocenters. The minimum Gasteiger partial charge on any atom is -0.103 e. The van der Waals surface area contributed by atoms with E-state index in [9.17, 15) is 0 Å². The smallest absolute Gasteiger partial charge is 0.0316 e. The fraction of sp³-hybridized carbons (Fsp3) is 0.400. The zero-order chi connectivity index (χ0) is 7.66. The Labute approximate surface area is 64.0 Å². The first kappa shape index (κ1) is 9.22. The van der Waals surface area contributed by atoms with Crippen molar-refractivity contribution >= 4 is 0 Å². The Bertz CT molecular complexity index is 95.2. The maximum atomic E-state index is 3.55. The monoisotopic (exact) mass is 136 g/mol. The molecule has 0 heterocycles. The van der Waals surface area contributed by atoms with Crippen molar-refractivity contribution in [1.29, 1.82) is 0 Å². The zero-order valence-electron chi connectivity index (χ0n) is 6.55. The summed E-state index contributed by atoms with van der Waals surface area (Å²) in [7, 11) is 0. The van der Waals surface area contributed by atoms with Gasteiger partial charge in [0, 0.05) is 0 Å². The molecule has 0 radical (unpaired) electrons. The molecule has 0 aromatic heterocycles. The number of allylic oxidation sites excluding steroid dienone is 4. The summed E-state index contributed by atoms with van der Waals surface area (Å²) in [6, 6.07) is 0. The summed E-state index contributed by atoms with van der Waals surface area (Å²) in [5, 5.41) is 0. The first-order valence-electron chi connectivity index (χ1n) is 3.78. The van der Waals surface area contributed by atoms with E-state index in [0.29, 0.717) is 0 Å². The summed E-state index contributed by atoms with van der Waals surface area (Å²) in [4.78, 5) is 0. The molecular formula is C10H16. The van der Waals surface area contributed by atoms with Gasteiger partial charge < -0.3 is 0 Å². The highest BCUT2D eigenvalue weighted by atomic mass is 13.9. The van der Waals surface area contributed by atoms with Crippen LogP contribution in [0.1, 0.15) is 25.7 Å². The zero-order valence-corrected chi connectivity index (χ0v) is 6.55. The van der Waals surface area contributed by atoms with E-state index in [1.54, 1.807) is 0 Å².